The largest absolute Gasteiger partial charge is 0.381 e. The van der Waals surface area contributed by atoms with Crippen LogP contribution in [0.3, 0.4) is 0 Å². The zero-order valence-electron chi connectivity index (χ0n) is 9.40. The highest BCUT2D eigenvalue weighted by Gasteiger charge is 2.21. The number of carbonyl (C=O) groups excluding carboxylic acids is 1. The minimum Gasteiger partial charge on any atom is -0.381 e. The molecule has 2 rings (SSSR count). The summed E-state index contributed by atoms with van der Waals surface area (Å²) in [7, 11) is 0. The number of carbonyl (C=O) groups is 1. The SMILES string of the molecule is Cc1cccc(NC(=O)C2CCOCC2)n1. The molecular formula is C12H16N2O2. The molecule has 1 aliphatic rings. The highest BCUT2D eigenvalue weighted by Crippen LogP contribution is 2.16. The van der Waals surface area contributed by atoms with E-state index in [1.54, 1.807) is 0 Å². The van der Waals surface area contributed by atoms with Crippen molar-refractivity contribution in [1.29, 1.82) is 0 Å². The Morgan fingerprint density at radius 2 is 2.19 bits per heavy atom. The van der Waals surface area contributed by atoms with Crippen LogP contribution in [0.5, 0.6) is 0 Å². The van der Waals surface area contributed by atoms with E-state index in [9.17, 15) is 4.79 Å². The van der Waals surface area contributed by atoms with Gasteiger partial charge in [-0.15, -0.1) is 0 Å². The maximum absolute atomic E-state index is 11.9. The number of aryl methyl sites for hydroxylation is 1. The molecule has 1 aromatic rings. The molecule has 1 aromatic heterocycles. The van der Waals surface area contributed by atoms with Crippen molar-refractivity contribution >= 4 is 11.7 Å². The van der Waals surface area contributed by atoms with Crippen molar-refractivity contribution in [2.75, 3.05) is 18.5 Å². The van der Waals surface area contributed by atoms with Gasteiger partial charge >= 0.3 is 0 Å². The number of aromatic nitrogens is 1. The summed E-state index contributed by atoms with van der Waals surface area (Å²) in [6, 6.07) is 5.61. The molecule has 1 fully saturated rings. The number of hydrogen-bond donors (Lipinski definition) is 1. The first-order valence-corrected chi connectivity index (χ1v) is 5.58. The zero-order chi connectivity index (χ0) is 11.4. The van der Waals surface area contributed by atoms with Crippen LogP contribution < -0.4 is 5.32 Å². The Morgan fingerprint density at radius 3 is 2.88 bits per heavy atom. The fourth-order valence-corrected chi connectivity index (χ4v) is 1.80. The van der Waals surface area contributed by atoms with Gasteiger partial charge in [-0.05, 0) is 31.9 Å². The molecule has 2 heterocycles. The second-order valence-corrected chi connectivity index (χ2v) is 4.04. The first-order valence-electron chi connectivity index (χ1n) is 5.58. The van der Waals surface area contributed by atoms with Crippen molar-refractivity contribution < 1.29 is 9.53 Å². The van der Waals surface area contributed by atoms with E-state index in [1.165, 1.54) is 0 Å². The summed E-state index contributed by atoms with van der Waals surface area (Å²) < 4.78 is 5.22. The Morgan fingerprint density at radius 1 is 1.44 bits per heavy atom. The van der Waals surface area contributed by atoms with E-state index < -0.39 is 0 Å². The van der Waals surface area contributed by atoms with Crippen molar-refractivity contribution in [3.63, 3.8) is 0 Å². The Balaban J connectivity index is 1.96. The van der Waals surface area contributed by atoms with Gasteiger partial charge in [0.15, 0.2) is 0 Å². The monoisotopic (exact) mass is 220 g/mol. The van der Waals surface area contributed by atoms with Crippen molar-refractivity contribution in [2.45, 2.75) is 19.8 Å². The molecule has 0 spiro atoms. The summed E-state index contributed by atoms with van der Waals surface area (Å²) in [6.45, 7) is 3.27. The van der Waals surface area contributed by atoms with Crippen LogP contribution in [0.4, 0.5) is 5.82 Å². The topological polar surface area (TPSA) is 51.2 Å². The fraction of sp³-hybridized carbons (Fsp3) is 0.500. The Kier molecular flexibility index (Phi) is 3.51. The minimum absolute atomic E-state index is 0.0569. The molecule has 1 amide bonds. The van der Waals surface area contributed by atoms with Gasteiger partial charge in [-0.25, -0.2) is 4.98 Å². The second kappa shape index (κ2) is 5.07. The number of pyridine rings is 1. The third kappa shape index (κ3) is 2.79. The van der Waals surface area contributed by atoms with Crippen LogP contribution in [0.1, 0.15) is 18.5 Å². The third-order valence-corrected chi connectivity index (χ3v) is 2.73. The van der Waals surface area contributed by atoms with Gasteiger partial charge < -0.3 is 10.1 Å². The lowest BCUT2D eigenvalue weighted by molar-refractivity contribution is -0.122. The number of rotatable bonds is 2. The van der Waals surface area contributed by atoms with Crippen molar-refractivity contribution in [3.05, 3.63) is 23.9 Å². The van der Waals surface area contributed by atoms with Gasteiger partial charge in [0.25, 0.3) is 0 Å². The molecule has 0 aliphatic carbocycles. The molecule has 16 heavy (non-hydrogen) atoms. The van der Waals surface area contributed by atoms with Crippen molar-refractivity contribution in [3.8, 4) is 0 Å². The highest BCUT2D eigenvalue weighted by atomic mass is 16.5. The molecule has 0 saturated carbocycles. The summed E-state index contributed by atoms with van der Waals surface area (Å²) in [5.41, 5.74) is 0.907. The summed E-state index contributed by atoms with van der Waals surface area (Å²) in [6.07, 6.45) is 1.61. The van der Waals surface area contributed by atoms with Gasteiger partial charge in [0.1, 0.15) is 5.82 Å². The molecule has 1 N–H and O–H groups in total. The van der Waals surface area contributed by atoms with E-state index in [4.69, 9.17) is 4.74 Å². The number of ether oxygens (including phenoxy) is 1. The van der Waals surface area contributed by atoms with E-state index in [1.807, 2.05) is 25.1 Å². The minimum atomic E-state index is 0.0569. The van der Waals surface area contributed by atoms with E-state index in [0.29, 0.717) is 19.0 Å². The molecule has 1 aliphatic heterocycles. The number of anilines is 1. The van der Waals surface area contributed by atoms with Gasteiger partial charge in [0, 0.05) is 24.8 Å². The zero-order valence-corrected chi connectivity index (χ0v) is 9.40. The lowest BCUT2D eigenvalue weighted by Gasteiger charge is -2.20. The molecule has 4 heteroatoms. The van der Waals surface area contributed by atoms with Crippen LogP contribution >= 0.6 is 0 Å². The van der Waals surface area contributed by atoms with Crippen LogP contribution in [-0.4, -0.2) is 24.1 Å². The molecule has 0 unspecified atom stereocenters. The number of nitrogens with one attached hydrogen (secondary N) is 1. The van der Waals surface area contributed by atoms with Crippen LogP contribution in [0.25, 0.3) is 0 Å². The Hall–Kier alpha value is -1.42. The first kappa shape index (κ1) is 11.1. The lowest BCUT2D eigenvalue weighted by atomic mass is 9.99. The standard InChI is InChI=1S/C12H16N2O2/c1-9-3-2-4-11(13-9)14-12(15)10-5-7-16-8-6-10/h2-4,10H,5-8H2,1H3,(H,13,14,15). The molecule has 0 radical (unpaired) electrons. The van der Waals surface area contributed by atoms with Crippen LogP contribution in [0.15, 0.2) is 18.2 Å². The molecule has 0 bridgehead atoms. The summed E-state index contributed by atoms with van der Waals surface area (Å²) in [5, 5.41) is 2.85. The third-order valence-electron chi connectivity index (χ3n) is 2.73. The van der Waals surface area contributed by atoms with Crippen molar-refractivity contribution in [2.24, 2.45) is 5.92 Å². The average molecular weight is 220 g/mol. The maximum atomic E-state index is 11.9. The van der Waals surface area contributed by atoms with E-state index in [0.717, 1.165) is 18.5 Å². The number of nitrogens with zero attached hydrogens (tertiary/aromatic N) is 1. The Labute approximate surface area is 95.0 Å². The summed E-state index contributed by atoms with van der Waals surface area (Å²) in [4.78, 5) is 16.1. The predicted octanol–water partition coefficient (Wildman–Crippen LogP) is 1.76. The van der Waals surface area contributed by atoms with Crippen molar-refractivity contribution in [1.82, 2.24) is 4.98 Å². The molecule has 1 saturated heterocycles. The van der Waals surface area contributed by atoms with Gasteiger partial charge in [-0.3, -0.25) is 4.79 Å². The molecule has 0 atom stereocenters. The molecule has 4 nitrogen and oxygen atoms in total. The van der Waals surface area contributed by atoms with E-state index in [-0.39, 0.29) is 11.8 Å². The number of hydrogen-bond acceptors (Lipinski definition) is 3. The second-order valence-electron chi connectivity index (χ2n) is 4.04. The maximum Gasteiger partial charge on any atom is 0.228 e. The average Bonchev–Trinajstić information content (AvgIpc) is 2.30. The normalized spacial score (nSPS) is 17.1. The molecular weight excluding hydrogens is 204 g/mol. The molecule has 0 aromatic carbocycles. The van der Waals surface area contributed by atoms with Crippen LogP contribution in [0, 0.1) is 12.8 Å². The molecule has 86 valence electrons. The van der Waals surface area contributed by atoms with E-state index in [2.05, 4.69) is 10.3 Å². The van der Waals surface area contributed by atoms with Gasteiger partial charge in [0.05, 0.1) is 0 Å². The highest BCUT2D eigenvalue weighted by molar-refractivity contribution is 5.91. The lowest BCUT2D eigenvalue weighted by Crippen LogP contribution is -2.28. The van der Waals surface area contributed by atoms with E-state index >= 15 is 0 Å². The van der Waals surface area contributed by atoms with Crippen LogP contribution in [-0.2, 0) is 9.53 Å². The van der Waals surface area contributed by atoms with Gasteiger partial charge in [-0.1, -0.05) is 6.07 Å². The summed E-state index contributed by atoms with van der Waals surface area (Å²) >= 11 is 0. The quantitative estimate of drug-likeness (QED) is 0.826. The fourth-order valence-electron chi connectivity index (χ4n) is 1.80. The summed E-state index contributed by atoms with van der Waals surface area (Å²) in [5.74, 6) is 0.758. The van der Waals surface area contributed by atoms with Crippen LogP contribution in [0.2, 0.25) is 0 Å². The first-order chi connectivity index (χ1) is 7.75. The Bertz CT molecular complexity index is 373. The number of amides is 1. The smallest absolute Gasteiger partial charge is 0.228 e. The van der Waals surface area contributed by atoms with Gasteiger partial charge in [0.2, 0.25) is 5.91 Å². The predicted molar refractivity (Wildman–Crippen MR) is 61.1 cm³/mol. The van der Waals surface area contributed by atoms with Gasteiger partial charge in [-0.2, -0.15) is 0 Å².